The zero-order valence-electron chi connectivity index (χ0n) is 11.2. The number of carbonyl (C=O) groups excluding carboxylic acids is 1. The highest BCUT2D eigenvalue weighted by atomic mass is 16.1. The molecule has 0 aliphatic heterocycles. The monoisotopic (exact) mass is 255 g/mol. The molecule has 4 nitrogen and oxygen atoms in total. The summed E-state index contributed by atoms with van der Waals surface area (Å²) >= 11 is 0. The largest absolute Gasteiger partial charge is 0.351 e. The fourth-order valence-electron chi connectivity index (χ4n) is 1.89. The lowest BCUT2D eigenvalue weighted by Crippen LogP contribution is -2.23. The van der Waals surface area contributed by atoms with Gasteiger partial charge in [0.15, 0.2) is 6.29 Å². The lowest BCUT2D eigenvalue weighted by Gasteiger charge is -2.21. The molecule has 0 aromatic carbocycles. The molecule has 0 saturated carbocycles. The summed E-state index contributed by atoms with van der Waals surface area (Å²) < 4.78 is 0. The number of aryl methyl sites for hydroxylation is 1. The van der Waals surface area contributed by atoms with Crippen molar-refractivity contribution in [3.8, 4) is 0 Å². The summed E-state index contributed by atoms with van der Waals surface area (Å²) in [7, 11) is 0. The molecule has 0 spiro atoms. The van der Waals surface area contributed by atoms with E-state index in [1.807, 2.05) is 31.2 Å². The van der Waals surface area contributed by atoms with Crippen LogP contribution in [0.1, 0.15) is 28.7 Å². The molecule has 0 atom stereocenters. The number of nitrogens with zero attached hydrogens (tertiary/aromatic N) is 3. The van der Waals surface area contributed by atoms with Gasteiger partial charge >= 0.3 is 0 Å². The summed E-state index contributed by atoms with van der Waals surface area (Å²) in [6, 6.07) is 9.64. The molecule has 0 N–H and O–H groups in total. The van der Waals surface area contributed by atoms with Crippen molar-refractivity contribution < 1.29 is 4.79 Å². The maximum absolute atomic E-state index is 10.6. The summed E-state index contributed by atoms with van der Waals surface area (Å²) in [5, 5.41) is 0. The van der Waals surface area contributed by atoms with E-state index in [0.29, 0.717) is 12.1 Å². The van der Waals surface area contributed by atoms with Crippen LogP contribution in [0.25, 0.3) is 0 Å². The van der Waals surface area contributed by atoms with Gasteiger partial charge < -0.3 is 4.90 Å². The van der Waals surface area contributed by atoms with Crippen LogP contribution in [0.15, 0.2) is 36.5 Å². The zero-order chi connectivity index (χ0) is 13.7. The minimum atomic E-state index is 0.591. The molecular weight excluding hydrogens is 238 g/mol. The van der Waals surface area contributed by atoms with E-state index in [1.165, 1.54) is 0 Å². The molecule has 0 aliphatic carbocycles. The molecule has 2 rings (SSSR count). The molecule has 0 amide bonds. The van der Waals surface area contributed by atoms with Gasteiger partial charge in [0, 0.05) is 24.0 Å². The molecule has 4 heteroatoms. The van der Waals surface area contributed by atoms with Gasteiger partial charge in [-0.2, -0.15) is 0 Å². The second kappa shape index (κ2) is 6.09. The highest BCUT2D eigenvalue weighted by Crippen LogP contribution is 2.13. The molecule has 0 fully saturated rings. The zero-order valence-corrected chi connectivity index (χ0v) is 11.2. The Morgan fingerprint density at radius 3 is 2.68 bits per heavy atom. The maximum Gasteiger partial charge on any atom is 0.151 e. The molecule has 0 unspecified atom stereocenters. The molecule has 19 heavy (non-hydrogen) atoms. The SMILES string of the molecule is CCN(Cc1cccc(C)n1)c1ccc(C=O)cn1. The third kappa shape index (κ3) is 3.37. The van der Waals surface area contributed by atoms with E-state index in [2.05, 4.69) is 21.8 Å². The number of aromatic nitrogens is 2. The van der Waals surface area contributed by atoms with Crippen LogP contribution in [-0.2, 0) is 6.54 Å². The quantitative estimate of drug-likeness (QED) is 0.770. The summed E-state index contributed by atoms with van der Waals surface area (Å²) in [4.78, 5) is 21.5. The van der Waals surface area contributed by atoms with Crippen molar-refractivity contribution in [1.29, 1.82) is 0 Å². The molecule has 2 heterocycles. The van der Waals surface area contributed by atoms with Crippen molar-refractivity contribution in [3.63, 3.8) is 0 Å². The predicted molar refractivity (Wildman–Crippen MR) is 75.3 cm³/mol. The van der Waals surface area contributed by atoms with Gasteiger partial charge in [0.2, 0.25) is 0 Å². The Hall–Kier alpha value is -2.23. The fourth-order valence-corrected chi connectivity index (χ4v) is 1.89. The van der Waals surface area contributed by atoms with Crippen molar-refractivity contribution >= 4 is 12.1 Å². The van der Waals surface area contributed by atoms with Crippen LogP contribution in [0.5, 0.6) is 0 Å². The summed E-state index contributed by atoms with van der Waals surface area (Å²) in [5.41, 5.74) is 2.62. The Kier molecular flexibility index (Phi) is 4.23. The van der Waals surface area contributed by atoms with E-state index in [9.17, 15) is 4.79 Å². The Balaban J connectivity index is 2.17. The van der Waals surface area contributed by atoms with Crippen molar-refractivity contribution in [1.82, 2.24) is 9.97 Å². The Morgan fingerprint density at radius 1 is 1.26 bits per heavy atom. The van der Waals surface area contributed by atoms with Gasteiger partial charge in [-0.1, -0.05) is 6.07 Å². The topological polar surface area (TPSA) is 46.1 Å². The van der Waals surface area contributed by atoms with E-state index >= 15 is 0 Å². The van der Waals surface area contributed by atoms with Crippen LogP contribution >= 0.6 is 0 Å². The summed E-state index contributed by atoms with van der Waals surface area (Å²) in [6.45, 7) is 5.61. The third-order valence-electron chi connectivity index (χ3n) is 2.91. The molecule has 2 aromatic heterocycles. The van der Waals surface area contributed by atoms with E-state index in [1.54, 1.807) is 12.3 Å². The Labute approximate surface area is 113 Å². The van der Waals surface area contributed by atoms with Crippen LogP contribution < -0.4 is 4.90 Å². The fraction of sp³-hybridized carbons (Fsp3) is 0.267. The highest BCUT2D eigenvalue weighted by molar-refractivity contribution is 5.74. The first-order valence-corrected chi connectivity index (χ1v) is 6.31. The van der Waals surface area contributed by atoms with E-state index in [4.69, 9.17) is 0 Å². The maximum atomic E-state index is 10.6. The molecule has 98 valence electrons. The Bertz CT molecular complexity index is 552. The van der Waals surface area contributed by atoms with Gasteiger partial charge in [-0.05, 0) is 38.1 Å². The van der Waals surface area contributed by atoms with E-state index < -0.39 is 0 Å². The summed E-state index contributed by atoms with van der Waals surface area (Å²) in [6.07, 6.45) is 2.39. The van der Waals surface area contributed by atoms with Gasteiger partial charge in [-0.3, -0.25) is 9.78 Å². The number of aldehydes is 1. The first-order valence-electron chi connectivity index (χ1n) is 6.31. The third-order valence-corrected chi connectivity index (χ3v) is 2.91. The van der Waals surface area contributed by atoms with Gasteiger partial charge in [0.1, 0.15) is 5.82 Å². The van der Waals surface area contributed by atoms with Crippen molar-refractivity contribution in [2.24, 2.45) is 0 Å². The molecule has 0 bridgehead atoms. The molecule has 0 radical (unpaired) electrons. The van der Waals surface area contributed by atoms with Gasteiger partial charge in [0.05, 0.1) is 12.2 Å². The normalized spacial score (nSPS) is 10.2. The number of rotatable bonds is 5. The van der Waals surface area contributed by atoms with Crippen molar-refractivity contribution in [3.05, 3.63) is 53.5 Å². The van der Waals surface area contributed by atoms with Crippen molar-refractivity contribution in [2.75, 3.05) is 11.4 Å². The average molecular weight is 255 g/mol. The van der Waals surface area contributed by atoms with E-state index in [0.717, 1.165) is 30.0 Å². The molecule has 0 aliphatic rings. The second-order valence-corrected chi connectivity index (χ2v) is 4.35. The predicted octanol–water partition coefficient (Wildman–Crippen LogP) is 2.62. The van der Waals surface area contributed by atoms with Crippen LogP contribution in [-0.4, -0.2) is 22.8 Å². The smallest absolute Gasteiger partial charge is 0.151 e. The lowest BCUT2D eigenvalue weighted by molar-refractivity contribution is 0.112. The number of anilines is 1. The first-order chi connectivity index (χ1) is 9.22. The summed E-state index contributed by atoms with van der Waals surface area (Å²) in [5.74, 6) is 0.858. The number of hydrogen-bond donors (Lipinski definition) is 0. The molecule has 2 aromatic rings. The minimum absolute atomic E-state index is 0.591. The Morgan fingerprint density at radius 2 is 2.11 bits per heavy atom. The van der Waals surface area contributed by atoms with Gasteiger partial charge in [0.25, 0.3) is 0 Å². The number of pyridine rings is 2. The van der Waals surface area contributed by atoms with Gasteiger partial charge in [-0.15, -0.1) is 0 Å². The van der Waals surface area contributed by atoms with Crippen molar-refractivity contribution in [2.45, 2.75) is 20.4 Å². The van der Waals surface area contributed by atoms with Crippen LogP contribution in [0.2, 0.25) is 0 Å². The van der Waals surface area contributed by atoms with Crippen LogP contribution in [0.4, 0.5) is 5.82 Å². The number of hydrogen-bond acceptors (Lipinski definition) is 4. The lowest BCUT2D eigenvalue weighted by atomic mass is 10.2. The number of carbonyl (C=O) groups is 1. The second-order valence-electron chi connectivity index (χ2n) is 4.35. The molecular formula is C15H17N3O. The van der Waals surface area contributed by atoms with E-state index in [-0.39, 0.29) is 0 Å². The standard InChI is InChI=1S/C15H17N3O/c1-3-18(10-14-6-4-5-12(2)17-14)15-8-7-13(11-19)9-16-15/h4-9,11H,3,10H2,1-2H3. The highest BCUT2D eigenvalue weighted by Gasteiger charge is 2.07. The van der Waals surface area contributed by atoms with Gasteiger partial charge in [-0.25, -0.2) is 4.98 Å². The molecule has 0 saturated heterocycles. The van der Waals surface area contributed by atoms with Crippen LogP contribution in [0, 0.1) is 6.92 Å². The average Bonchev–Trinajstić information content (AvgIpc) is 2.45. The van der Waals surface area contributed by atoms with Crippen LogP contribution in [0.3, 0.4) is 0 Å². The first kappa shape index (κ1) is 13.2. The minimum Gasteiger partial charge on any atom is -0.351 e.